The van der Waals surface area contributed by atoms with Crippen LogP contribution >= 0.6 is 0 Å². The average molecular weight is 337 g/mol. The zero-order valence-electron chi connectivity index (χ0n) is 13.7. The summed E-state index contributed by atoms with van der Waals surface area (Å²) in [6.07, 6.45) is 6.69. The number of hydrogen-bond donors (Lipinski definition) is 2. The van der Waals surface area contributed by atoms with Crippen molar-refractivity contribution in [2.75, 3.05) is 18.0 Å². The summed E-state index contributed by atoms with van der Waals surface area (Å²) in [6, 6.07) is 5.69. The molecule has 1 saturated heterocycles. The van der Waals surface area contributed by atoms with Crippen molar-refractivity contribution in [1.29, 1.82) is 0 Å². The lowest BCUT2D eigenvalue weighted by atomic mass is 9.97. The molecule has 1 aliphatic rings. The molecule has 1 atom stereocenters. The van der Waals surface area contributed by atoms with Gasteiger partial charge in [0, 0.05) is 19.3 Å². The minimum atomic E-state index is -0.0644. The number of piperidine rings is 1. The van der Waals surface area contributed by atoms with Crippen molar-refractivity contribution < 1.29 is 4.79 Å². The number of pyridine rings is 1. The Morgan fingerprint density at radius 3 is 3.12 bits per heavy atom. The lowest BCUT2D eigenvalue weighted by Crippen LogP contribution is -2.43. The fraction of sp³-hybridized carbons (Fsp3) is 0.353. The van der Waals surface area contributed by atoms with Crippen LogP contribution in [-0.2, 0) is 11.3 Å². The van der Waals surface area contributed by atoms with Gasteiger partial charge in [-0.05, 0) is 25.0 Å². The molecule has 8 nitrogen and oxygen atoms in total. The maximum absolute atomic E-state index is 12.5. The Hall–Kier alpha value is -3.03. The third-order valence-corrected chi connectivity index (χ3v) is 4.46. The summed E-state index contributed by atoms with van der Waals surface area (Å²) in [7, 11) is 0. The van der Waals surface area contributed by atoms with Gasteiger partial charge in [0.05, 0.1) is 24.5 Å². The minimum Gasteiger partial charge on any atom is -0.354 e. The van der Waals surface area contributed by atoms with E-state index in [1.807, 2.05) is 18.2 Å². The predicted molar refractivity (Wildman–Crippen MR) is 92.7 cm³/mol. The monoisotopic (exact) mass is 337 g/mol. The Kier molecular flexibility index (Phi) is 4.24. The van der Waals surface area contributed by atoms with Crippen LogP contribution in [0.2, 0.25) is 0 Å². The van der Waals surface area contributed by atoms with Gasteiger partial charge in [0.1, 0.15) is 11.8 Å². The van der Waals surface area contributed by atoms with Crippen molar-refractivity contribution in [3.8, 4) is 0 Å². The summed E-state index contributed by atoms with van der Waals surface area (Å²) in [6.45, 7) is 1.96. The van der Waals surface area contributed by atoms with Crippen molar-refractivity contribution in [2.24, 2.45) is 5.92 Å². The van der Waals surface area contributed by atoms with Crippen LogP contribution in [0.1, 0.15) is 18.5 Å². The van der Waals surface area contributed by atoms with Gasteiger partial charge in [-0.15, -0.1) is 0 Å². The second-order valence-corrected chi connectivity index (χ2v) is 6.12. The van der Waals surface area contributed by atoms with Crippen molar-refractivity contribution in [1.82, 2.24) is 30.2 Å². The highest BCUT2D eigenvalue weighted by Gasteiger charge is 2.27. The highest BCUT2D eigenvalue weighted by atomic mass is 16.1. The maximum atomic E-state index is 12.5. The molecular weight excluding hydrogens is 318 g/mol. The first-order chi connectivity index (χ1) is 12.3. The van der Waals surface area contributed by atoms with Crippen LogP contribution in [0, 0.1) is 5.92 Å². The number of fused-ring (bicyclic) bond motifs is 1. The summed E-state index contributed by atoms with van der Waals surface area (Å²) < 4.78 is 0. The van der Waals surface area contributed by atoms with Gasteiger partial charge in [0.25, 0.3) is 0 Å². The lowest BCUT2D eigenvalue weighted by molar-refractivity contribution is -0.125. The second-order valence-electron chi connectivity index (χ2n) is 6.12. The number of amides is 1. The molecule has 2 N–H and O–H groups in total. The van der Waals surface area contributed by atoms with E-state index in [0.29, 0.717) is 18.7 Å². The molecule has 0 radical (unpaired) electrons. The zero-order chi connectivity index (χ0) is 17.1. The molecule has 0 aromatic carbocycles. The summed E-state index contributed by atoms with van der Waals surface area (Å²) in [5.41, 5.74) is 2.32. The van der Waals surface area contributed by atoms with Gasteiger partial charge in [-0.2, -0.15) is 0 Å². The Bertz CT molecular complexity index is 864. The van der Waals surface area contributed by atoms with Crippen LogP contribution < -0.4 is 10.2 Å². The van der Waals surface area contributed by atoms with Gasteiger partial charge in [-0.25, -0.2) is 15.0 Å². The van der Waals surface area contributed by atoms with Crippen molar-refractivity contribution >= 4 is 22.9 Å². The normalized spacial score (nSPS) is 17.6. The van der Waals surface area contributed by atoms with Gasteiger partial charge in [0.2, 0.25) is 5.91 Å². The molecule has 3 aromatic heterocycles. The largest absolute Gasteiger partial charge is 0.354 e. The molecule has 1 aliphatic heterocycles. The van der Waals surface area contributed by atoms with Gasteiger partial charge >= 0.3 is 0 Å². The molecule has 0 saturated carbocycles. The quantitative estimate of drug-likeness (QED) is 0.744. The van der Waals surface area contributed by atoms with E-state index in [0.717, 1.165) is 36.4 Å². The van der Waals surface area contributed by atoms with Crippen LogP contribution in [0.4, 0.5) is 5.82 Å². The second kappa shape index (κ2) is 6.84. The first kappa shape index (κ1) is 15.5. The number of aromatic amines is 1. The van der Waals surface area contributed by atoms with Crippen molar-refractivity contribution in [3.05, 3.63) is 42.7 Å². The van der Waals surface area contributed by atoms with Crippen LogP contribution in [0.5, 0.6) is 0 Å². The number of H-pyrrole nitrogens is 1. The van der Waals surface area contributed by atoms with Gasteiger partial charge < -0.3 is 15.2 Å². The Labute approximate surface area is 144 Å². The molecule has 3 aromatic rings. The number of anilines is 1. The summed E-state index contributed by atoms with van der Waals surface area (Å²) in [5, 5.41) is 2.99. The van der Waals surface area contributed by atoms with E-state index in [-0.39, 0.29) is 11.8 Å². The van der Waals surface area contributed by atoms with E-state index in [1.165, 1.54) is 6.33 Å². The van der Waals surface area contributed by atoms with Gasteiger partial charge in [-0.3, -0.25) is 9.78 Å². The third-order valence-electron chi connectivity index (χ3n) is 4.46. The summed E-state index contributed by atoms with van der Waals surface area (Å²) in [5.74, 6) is 0.806. The van der Waals surface area contributed by atoms with Crippen LogP contribution in [0.15, 0.2) is 37.1 Å². The van der Waals surface area contributed by atoms with E-state index in [2.05, 4.69) is 35.1 Å². The number of carbonyl (C=O) groups excluding carboxylic acids is 1. The number of imidazole rings is 1. The molecule has 0 spiro atoms. The van der Waals surface area contributed by atoms with Crippen molar-refractivity contribution in [2.45, 2.75) is 19.4 Å². The molecular formula is C17H19N7O. The van der Waals surface area contributed by atoms with E-state index in [4.69, 9.17) is 0 Å². The Morgan fingerprint density at radius 2 is 2.24 bits per heavy atom. The number of hydrogen-bond acceptors (Lipinski definition) is 6. The lowest BCUT2D eigenvalue weighted by Gasteiger charge is -2.32. The van der Waals surface area contributed by atoms with Crippen LogP contribution in [-0.4, -0.2) is 43.9 Å². The topological polar surface area (TPSA) is 99.7 Å². The first-order valence-corrected chi connectivity index (χ1v) is 8.38. The van der Waals surface area contributed by atoms with Crippen LogP contribution in [0.3, 0.4) is 0 Å². The molecule has 8 heteroatoms. The molecule has 4 rings (SSSR count). The third kappa shape index (κ3) is 3.28. The number of nitrogens with one attached hydrogen (secondary N) is 2. The zero-order valence-corrected chi connectivity index (χ0v) is 13.7. The fourth-order valence-corrected chi connectivity index (χ4v) is 3.20. The number of carbonyl (C=O) groups is 1. The van der Waals surface area contributed by atoms with Crippen LogP contribution in [0.25, 0.3) is 11.2 Å². The Morgan fingerprint density at radius 1 is 1.28 bits per heavy atom. The molecule has 4 heterocycles. The van der Waals surface area contributed by atoms with Gasteiger partial charge in [0.15, 0.2) is 11.5 Å². The number of nitrogens with zero attached hydrogens (tertiary/aromatic N) is 5. The number of aromatic nitrogens is 5. The fourth-order valence-electron chi connectivity index (χ4n) is 3.20. The smallest absolute Gasteiger partial charge is 0.225 e. The van der Waals surface area contributed by atoms with E-state index in [1.54, 1.807) is 12.5 Å². The highest BCUT2D eigenvalue weighted by Crippen LogP contribution is 2.25. The molecule has 25 heavy (non-hydrogen) atoms. The minimum absolute atomic E-state index is 0.0604. The summed E-state index contributed by atoms with van der Waals surface area (Å²) in [4.78, 5) is 34.7. The van der Waals surface area contributed by atoms with Crippen molar-refractivity contribution in [3.63, 3.8) is 0 Å². The summed E-state index contributed by atoms with van der Waals surface area (Å²) >= 11 is 0. The van der Waals surface area contributed by atoms with E-state index < -0.39 is 0 Å². The van der Waals surface area contributed by atoms with Gasteiger partial charge in [-0.1, -0.05) is 6.07 Å². The number of rotatable bonds is 4. The first-order valence-electron chi connectivity index (χ1n) is 8.38. The van der Waals surface area contributed by atoms with E-state index in [9.17, 15) is 4.79 Å². The molecule has 0 aliphatic carbocycles. The maximum Gasteiger partial charge on any atom is 0.225 e. The highest BCUT2D eigenvalue weighted by molar-refractivity contribution is 5.84. The van der Waals surface area contributed by atoms with E-state index >= 15 is 0 Å². The standard InChI is InChI=1S/C17H19N7O/c25-17(19-8-13-5-1-2-6-18-13)12-4-3-7-24(9-12)16-14-15(21-10-20-14)22-11-23-16/h1-2,5-6,10-12H,3-4,7-9H2,(H,19,25)(H,20,21,22,23)/t12-/m1/s1. The predicted octanol–water partition coefficient (Wildman–Crippen LogP) is 1.28. The SMILES string of the molecule is O=C(NCc1ccccn1)[C@@H]1CCCN(c2ncnc3nc[nH]c23)C1. The Balaban J connectivity index is 1.44. The molecule has 0 bridgehead atoms. The molecule has 1 amide bonds. The molecule has 1 fully saturated rings. The molecule has 0 unspecified atom stereocenters. The average Bonchev–Trinajstić information content (AvgIpc) is 3.16. The molecule has 128 valence electrons.